The number of phenolic OH excluding ortho intramolecular Hbond substituents is 2. The zero-order chi connectivity index (χ0) is 33.4. The maximum absolute atomic E-state index is 13.6. The molecule has 5 aliphatic carbocycles. The minimum Gasteiger partial charge on any atom is -0.507 e. The molecule has 0 heterocycles. The summed E-state index contributed by atoms with van der Waals surface area (Å²) >= 11 is 0. The Morgan fingerprint density at radius 3 is 1.29 bits per heavy atom. The molecular formula is C42H28O6. The number of fused-ring (bicyclic) bond motifs is 12. The molecule has 0 aliphatic heterocycles. The van der Waals surface area contributed by atoms with E-state index in [1.165, 1.54) is 12.2 Å². The predicted octanol–water partition coefficient (Wildman–Crippen LogP) is 6.97. The first kappa shape index (κ1) is 30.3. The number of benzene rings is 2. The van der Waals surface area contributed by atoms with E-state index < -0.39 is 0 Å². The number of carbonyl (C=O) groups is 4. The second-order valence-electron chi connectivity index (χ2n) is 11.8. The maximum atomic E-state index is 13.6. The average molecular weight is 629 g/mol. The van der Waals surface area contributed by atoms with Crippen molar-refractivity contribution in [1.82, 2.24) is 0 Å². The maximum Gasteiger partial charge on any atom is 0.193 e. The summed E-state index contributed by atoms with van der Waals surface area (Å²) in [6, 6.07) is 10.4. The molecular weight excluding hydrogens is 600 g/mol. The SMILES string of the molecule is O=C1C2=CC=CC1=Cc1cccc(c1O)Cc1cccc(c1O)/C=C1/C=CC=C(CC3=CC=C/C(=C\C4=CC=CC(=C2)C4=O)C3=O)C1=O. The molecule has 0 saturated carbocycles. The standard InChI is InChI=1S/C42H28O6/c43-37-25-7-1-8-26(37)20-28-10-3-12-30(39(28)45)22-32-14-5-16-34(41(32)47)24-36-18-6-17-35(42(36)48)23-33-15-4-13-31(40(33)46)21-29-11-2-9-27(19-25)38(29)44/h1-21,24,45,47H,22-23H2/b26-20?,27-19?,31-21+,36-24-. The van der Waals surface area contributed by atoms with Crippen LogP contribution in [0.15, 0.2) is 166 Å². The number of hydrogen-bond donors (Lipinski definition) is 2. The molecule has 0 radical (unpaired) electrons. The summed E-state index contributed by atoms with van der Waals surface area (Å²) in [5, 5.41) is 22.5. The zero-order valence-corrected chi connectivity index (χ0v) is 25.6. The Hall–Kier alpha value is -6.40. The van der Waals surface area contributed by atoms with Crippen LogP contribution in [0.3, 0.4) is 0 Å². The van der Waals surface area contributed by atoms with Crippen LogP contribution in [-0.4, -0.2) is 33.3 Å². The van der Waals surface area contributed by atoms with Gasteiger partial charge in [-0.3, -0.25) is 19.2 Å². The minimum atomic E-state index is -0.340. The summed E-state index contributed by atoms with van der Waals surface area (Å²) in [4.78, 5) is 54.2. The van der Waals surface area contributed by atoms with Gasteiger partial charge in [0.2, 0.25) is 0 Å². The smallest absolute Gasteiger partial charge is 0.193 e. The Morgan fingerprint density at radius 1 is 0.417 bits per heavy atom. The Kier molecular flexibility index (Phi) is 7.83. The number of rotatable bonds is 0. The van der Waals surface area contributed by atoms with Gasteiger partial charge in [-0.15, -0.1) is 0 Å². The molecule has 0 amide bonds. The third kappa shape index (κ3) is 5.72. The van der Waals surface area contributed by atoms with Gasteiger partial charge in [0.05, 0.1) is 0 Å². The van der Waals surface area contributed by atoms with Gasteiger partial charge in [0.1, 0.15) is 11.5 Å². The van der Waals surface area contributed by atoms with Crippen molar-refractivity contribution in [2.75, 3.05) is 0 Å². The summed E-state index contributed by atoms with van der Waals surface area (Å²) in [6.07, 6.45) is 26.5. The van der Waals surface area contributed by atoms with Crippen molar-refractivity contribution in [2.45, 2.75) is 12.8 Å². The number of Topliss-reactive ketones (excluding diaryl/α,β-unsaturated/α-hetero) is 4. The van der Waals surface area contributed by atoms with Gasteiger partial charge < -0.3 is 10.2 Å². The van der Waals surface area contributed by atoms with E-state index in [1.54, 1.807) is 121 Å². The van der Waals surface area contributed by atoms with E-state index in [0.29, 0.717) is 55.7 Å². The number of hydrogen-bond acceptors (Lipinski definition) is 6. The molecule has 2 N–H and O–H groups in total. The summed E-state index contributed by atoms with van der Waals surface area (Å²) in [6.45, 7) is 0. The van der Waals surface area contributed by atoms with Crippen LogP contribution in [0, 0.1) is 0 Å². The van der Waals surface area contributed by atoms with Crippen LogP contribution in [0.1, 0.15) is 28.7 Å². The lowest BCUT2D eigenvalue weighted by Crippen LogP contribution is -2.15. The highest BCUT2D eigenvalue weighted by atomic mass is 16.3. The van der Waals surface area contributed by atoms with Gasteiger partial charge in [-0.2, -0.15) is 0 Å². The average Bonchev–Trinajstić information content (AvgIpc) is 3.07. The van der Waals surface area contributed by atoms with E-state index in [9.17, 15) is 29.4 Å². The lowest BCUT2D eigenvalue weighted by molar-refractivity contribution is -0.113. The third-order valence-corrected chi connectivity index (χ3v) is 8.71. The van der Waals surface area contributed by atoms with Gasteiger partial charge in [-0.25, -0.2) is 0 Å². The van der Waals surface area contributed by atoms with Crippen molar-refractivity contribution in [3.8, 4) is 11.5 Å². The Morgan fingerprint density at radius 2 is 0.812 bits per heavy atom. The highest BCUT2D eigenvalue weighted by molar-refractivity contribution is 6.21. The number of carbonyl (C=O) groups excluding carboxylic acids is 4. The Balaban J connectivity index is 1.34. The van der Waals surface area contributed by atoms with E-state index in [1.807, 2.05) is 0 Å². The molecule has 232 valence electrons. The first-order chi connectivity index (χ1) is 23.3. The largest absolute Gasteiger partial charge is 0.507 e. The van der Waals surface area contributed by atoms with Crippen molar-refractivity contribution < 1.29 is 29.4 Å². The van der Waals surface area contributed by atoms with Gasteiger partial charge in [-0.05, 0) is 35.4 Å². The predicted molar refractivity (Wildman–Crippen MR) is 185 cm³/mol. The molecule has 5 aliphatic rings. The fourth-order valence-corrected chi connectivity index (χ4v) is 6.14. The molecule has 6 heteroatoms. The topological polar surface area (TPSA) is 109 Å². The second kappa shape index (κ2) is 12.4. The van der Waals surface area contributed by atoms with Gasteiger partial charge in [0, 0.05) is 68.6 Å². The van der Waals surface area contributed by atoms with Crippen LogP contribution in [0.2, 0.25) is 0 Å². The molecule has 48 heavy (non-hydrogen) atoms. The monoisotopic (exact) mass is 628 g/mol. The molecule has 0 atom stereocenters. The summed E-state index contributed by atoms with van der Waals surface area (Å²) in [7, 11) is 0. The van der Waals surface area contributed by atoms with Crippen molar-refractivity contribution in [3.63, 3.8) is 0 Å². The highest BCUT2D eigenvalue weighted by Crippen LogP contribution is 2.34. The first-order valence-electron chi connectivity index (χ1n) is 15.5. The molecule has 0 fully saturated rings. The quantitative estimate of drug-likeness (QED) is 0.326. The molecule has 0 unspecified atom stereocenters. The van der Waals surface area contributed by atoms with Gasteiger partial charge in [0.25, 0.3) is 0 Å². The number of aromatic hydroxyl groups is 2. The summed E-state index contributed by atoms with van der Waals surface area (Å²) in [5.41, 5.74) is 4.58. The van der Waals surface area contributed by atoms with Crippen LogP contribution >= 0.6 is 0 Å². The van der Waals surface area contributed by atoms with E-state index in [0.717, 1.165) is 0 Å². The highest BCUT2D eigenvalue weighted by Gasteiger charge is 2.25. The van der Waals surface area contributed by atoms with Crippen molar-refractivity contribution in [2.24, 2.45) is 0 Å². The van der Waals surface area contributed by atoms with Gasteiger partial charge in [0.15, 0.2) is 23.1 Å². The van der Waals surface area contributed by atoms with Crippen LogP contribution < -0.4 is 0 Å². The lowest BCUT2D eigenvalue weighted by Gasteiger charge is -2.16. The fraction of sp³-hybridized carbons (Fsp3) is 0.0476. The summed E-state index contributed by atoms with van der Waals surface area (Å²) < 4.78 is 0. The van der Waals surface area contributed by atoms with Crippen LogP contribution in [-0.2, 0) is 25.6 Å². The Labute approximate surface area is 276 Å². The van der Waals surface area contributed by atoms with Crippen LogP contribution in [0.4, 0.5) is 0 Å². The second-order valence-corrected chi connectivity index (χ2v) is 11.8. The lowest BCUT2D eigenvalue weighted by atomic mass is 9.86. The van der Waals surface area contributed by atoms with E-state index in [2.05, 4.69) is 0 Å². The molecule has 0 aromatic heterocycles. The first-order valence-corrected chi connectivity index (χ1v) is 15.5. The molecule has 0 saturated heterocycles. The van der Waals surface area contributed by atoms with Crippen molar-refractivity contribution in [1.29, 1.82) is 0 Å². The van der Waals surface area contributed by atoms with Gasteiger partial charge >= 0.3 is 0 Å². The Bertz CT molecular complexity index is 2240. The normalized spacial score (nSPS) is 21.0. The molecule has 6 nitrogen and oxygen atoms in total. The molecule has 12 bridgehead atoms. The molecule has 2 aromatic rings. The van der Waals surface area contributed by atoms with E-state index in [-0.39, 0.29) is 58.6 Å². The van der Waals surface area contributed by atoms with Crippen molar-refractivity contribution in [3.05, 3.63) is 188 Å². The van der Waals surface area contributed by atoms with E-state index in [4.69, 9.17) is 0 Å². The molecule has 0 spiro atoms. The number of ketones is 4. The van der Waals surface area contributed by atoms with Crippen LogP contribution in [0.5, 0.6) is 11.5 Å². The van der Waals surface area contributed by atoms with Crippen LogP contribution in [0.25, 0.3) is 12.2 Å². The van der Waals surface area contributed by atoms with Crippen molar-refractivity contribution >= 4 is 35.3 Å². The van der Waals surface area contributed by atoms with E-state index >= 15 is 0 Å². The minimum absolute atomic E-state index is 0.0262. The fourth-order valence-electron chi connectivity index (χ4n) is 6.14. The third-order valence-electron chi connectivity index (χ3n) is 8.71. The molecule has 2 aromatic carbocycles. The zero-order valence-electron chi connectivity index (χ0n) is 25.6. The molecule has 7 rings (SSSR count). The summed E-state index contributed by atoms with van der Waals surface area (Å²) in [5.74, 6) is -1.28. The number of phenols is 2. The number of allylic oxidation sites excluding steroid dienone is 22. The van der Waals surface area contributed by atoms with Gasteiger partial charge in [-0.1, -0.05) is 109 Å². The number of para-hydroxylation sites is 2.